The molecule has 84 valence electrons. The van der Waals surface area contributed by atoms with E-state index in [1.54, 1.807) is 0 Å². The van der Waals surface area contributed by atoms with Gasteiger partial charge in [0.15, 0.2) is 5.82 Å². The number of unbranched alkanes of at least 4 members (excludes halogenated alkanes) is 2. The van der Waals surface area contributed by atoms with Crippen LogP contribution in [-0.4, -0.2) is 18.6 Å². The van der Waals surface area contributed by atoms with E-state index in [9.17, 15) is 0 Å². The molecule has 0 radical (unpaired) electrons. The molecule has 0 fully saturated rings. The molecule has 0 aliphatic rings. The van der Waals surface area contributed by atoms with E-state index in [1.165, 1.54) is 19.3 Å². The molecule has 0 amide bonds. The minimum Gasteiger partial charge on any atom is -0.396 e. The molecular formula is C12H21N3. The van der Waals surface area contributed by atoms with Crippen molar-refractivity contribution in [1.29, 1.82) is 0 Å². The molecule has 0 atom stereocenters. The highest BCUT2D eigenvalue weighted by molar-refractivity contribution is 5.62. The van der Waals surface area contributed by atoms with E-state index in [4.69, 9.17) is 5.73 Å². The van der Waals surface area contributed by atoms with Gasteiger partial charge in [-0.05, 0) is 25.0 Å². The second-order valence-electron chi connectivity index (χ2n) is 4.05. The number of nitrogens with two attached hydrogens (primary N) is 1. The van der Waals surface area contributed by atoms with E-state index in [1.807, 2.05) is 26.2 Å². The standard InChI is InChI=1S/C12H21N3/c1-4-5-6-7-15(3)12-11(13)8-10(2)9-14-12/h8-9H,4-7,13H2,1-3H3. The lowest BCUT2D eigenvalue weighted by Crippen LogP contribution is -2.21. The number of rotatable bonds is 5. The highest BCUT2D eigenvalue weighted by Crippen LogP contribution is 2.19. The maximum Gasteiger partial charge on any atom is 0.151 e. The number of nitrogen functional groups attached to an aromatic ring is 1. The molecule has 3 heteroatoms. The van der Waals surface area contributed by atoms with E-state index in [2.05, 4.69) is 16.8 Å². The molecule has 0 aliphatic carbocycles. The van der Waals surface area contributed by atoms with Crippen LogP contribution in [0.5, 0.6) is 0 Å². The summed E-state index contributed by atoms with van der Waals surface area (Å²) in [5.74, 6) is 0.900. The maximum atomic E-state index is 5.92. The zero-order valence-corrected chi connectivity index (χ0v) is 9.95. The topological polar surface area (TPSA) is 42.2 Å². The smallest absolute Gasteiger partial charge is 0.151 e. The van der Waals surface area contributed by atoms with Gasteiger partial charge in [-0.15, -0.1) is 0 Å². The predicted molar refractivity (Wildman–Crippen MR) is 66.2 cm³/mol. The highest BCUT2D eigenvalue weighted by Gasteiger charge is 2.06. The Morgan fingerprint density at radius 2 is 2.13 bits per heavy atom. The summed E-state index contributed by atoms with van der Waals surface area (Å²) in [6.07, 6.45) is 5.56. The number of anilines is 2. The number of aryl methyl sites for hydroxylation is 1. The Balaban J connectivity index is 2.61. The van der Waals surface area contributed by atoms with Gasteiger partial charge in [-0.25, -0.2) is 4.98 Å². The summed E-state index contributed by atoms with van der Waals surface area (Å²) in [6, 6.07) is 1.97. The van der Waals surface area contributed by atoms with Gasteiger partial charge in [-0.1, -0.05) is 19.8 Å². The van der Waals surface area contributed by atoms with Crippen LogP contribution in [0.1, 0.15) is 31.7 Å². The fraction of sp³-hybridized carbons (Fsp3) is 0.583. The number of hydrogen-bond acceptors (Lipinski definition) is 3. The summed E-state index contributed by atoms with van der Waals surface area (Å²) in [4.78, 5) is 6.49. The molecule has 15 heavy (non-hydrogen) atoms. The molecule has 0 saturated carbocycles. The molecule has 3 nitrogen and oxygen atoms in total. The molecule has 0 unspecified atom stereocenters. The summed E-state index contributed by atoms with van der Waals surface area (Å²) >= 11 is 0. The Kier molecular flexibility index (Phi) is 4.40. The molecule has 2 N–H and O–H groups in total. The van der Waals surface area contributed by atoms with Crippen LogP contribution >= 0.6 is 0 Å². The van der Waals surface area contributed by atoms with Gasteiger partial charge in [0.05, 0.1) is 5.69 Å². The van der Waals surface area contributed by atoms with Crippen molar-refractivity contribution in [3.05, 3.63) is 17.8 Å². The van der Waals surface area contributed by atoms with Gasteiger partial charge in [0, 0.05) is 19.8 Å². The Morgan fingerprint density at radius 1 is 1.40 bits per heavy atom. The molecule has 0 bridgehead atoms. The fourth-order valence-corrected chi connectivity index (χ4v) is 1.61. The summed E-state index contributed by atoms with van der Waals surface area (Å²) < 4.78 is 0. The molecule has 0 saturated heterocycles. The maximum absolute atomic E-state index is 5.92. The first kappa shape index (κ1) is 11.8. The fourth-order valence-electron chi connectivity index (χ4n) is 1.61. The van der Waals surface area contributed by atoms with E-state index in [0.717, 1.165) is 23.6 Å². The van der Waals surface area contributed by atoms with Crippen LogP contribution in [-0.2, 0) is 0 Å². The minimum absolute atomic E-state index is 0.772. The van der Waals surface area contributed by atoms with Crippen LogP contribution in [0.15, 0.2) is 12.3 Å². The molecule has 1 heterocycles. The number of pyridine rings is 1. The molecule has 0 aliphatic heterocycles. The zero-order valence-electron chi connectivity index (χ0n) is 9.95. The summed E-state index contributed by atoms with van der Waals surface area (Å²) in [7, 11) is 2.05. The van der Waals surface area contributed by atoms with E-state index in [0.29, 0.717) is 0 Å². The predicted octanol–water partition coefficient (Wildman–Crippen LogP) is 2.60. The zero-order chi connectivity index (χ0) is 11.3. The lowest BCUT2D eigenvalue weighted by molar-refractivity contribution is 0.702. The van der Waals surface area contributed by atoms with E-state index >= 15 is 0 Å². The number of hydrogen-bond donors (Lipinski definition) is 1. The van der Waals surface area contributed by atoms with Crippen molar-refractivity contribution in [3.63, 3.8) is 0 Å². The van der Waals surface area contributed by atoms with Gasteiger partial charge in [-0.2, -0.15) is 0 Å². The van der Waals surface area contributed by atoms with Crippen LogP contribution < -0.4 is 10.6 Å². The molecule has 1 rings (SSSR count). The normalized spacial score (nSPS) is 10.3. The third-order valence-corrected chi connectivity index (χ3v) is 2.49. The van der Waals surface area contributed by atoms with E-state index < -0.39 is 0 Å². The Morgan fingerprint density at radius 3 is 2.73 bits per heavy atom. The second-order valence-corrected chi connectivity index (χ2v) is 4.05. The largest absolute Gasteiger partial charge is 0.396 e. The molecular weight excluding hydrogens is 186 g/mol. The van der Waals surface area contributed by atoms with Crippen molar-refractivity contribution in [3.8, 4) is 0 Å². The molecule has 0 spiro atoms. The Labute approximate surface area is 92.3 Å². The second kappa shape index (κ2) is 5.59. The van der Waals surface area contributed by atoms with Crippen molar-refractivity contribution in [2.75, 3.05) is 24.2 Å². The first-order valence-corrected chi connectivity index (χ1v) is 5.58. The van der Waals surface area contributed by atoms with Gasteiger partial charge in [-0.3, -0.25) is 0 Å². The van der Waals surface area contributed by atoms with Crippen LogP contribution in [0.25, 0.3) is 0 Å². The average molecular weight is 207 g/mol. The van der Waals surface area contributed by atoms with Gasteiger partial charge >= 0.3 is 0 Å². The Bertz CT molecular complexity index is 310. The lowest BCUT2D eigenvalue weighted by atomic mass is 10.2. The number of nitrogens with zero attached hydrogens (tertiary/aromatic N) is 2. The van der Waals surface area contributed by atoms with Gasteiger partial charge in [0.25, 0.3) is 0 Å². The monoisotopic (exact) mass is 207 g/mol. The molecule has 1 aromatic rings. The minimum atomic E-state index is 0.772. The molecule has 1 aromatic heterocycles. The van der Waals surface area contributed by atoms with Gasteiger partial charge < -0.3 is 10.6 Å². The lowest BCUT2D eigenvalue weighted by Gasteiger charge is -2.19. The van der Waals surface area contributed by atoms with Crippen molar-refractivity contribution < 1.29 is 0 Å². The SMILES string of the molecule is CCCCCN(C)c1ncc(C)cc1N. The quantitative estimate of drug-likeness (QED) is 0.755. The van der Waals surface area contributed by atoms with Crippen LogP contribution in [0.2, 0.25) is 0 Å². The Hall–Kier alpha value is -1.25. The van der Waals surface area contributed by atoms with Crippen LogP contribution in [0.4, 0.5) is 11.5 Å². The van der Waals surface area contributed by atoms with Crippen molar-refractivity contribution >= 4 is 11.5 Å². The third-order valence-electron chi connectivity index (χ3n) is 2.49. The van der Waals surface area contributed by atoms with Crippen LogP contribution in [0, 0.1) is 6.92 Å². The average Bonchev–Trinajstić information content (AvgIpc) is 2.17. The summed E-state index contributed by atoms with van der Waals surface area (Å²) in [5, 5.41) is 0. The van der Waals surface area contributed by atoms with Gasteiger partial charge in [0.1, 0.15) is 0 Å². The van der Waals surface area contributed by atoms with Crippen LogP contribution in [0.3, 0.4) is 0 Å². The third kappa shape index (κ3) is 3.42. The molecule has 0 aromatic carbocycles. The van der Waals surface area contributed by atoms with Crippen molar-refractivity contribution in [2.45, 2.75) is 33.1 Å². The summed E-state index contributed by atoms with van der Waals surface area (Å²) in [5.41, 5.74) is 7.80. The van der Waals surface area contributed by atoms with Gasteiger partial charge in [0.2, 0.25) is 0 Å². The van der Waals surface area contributed by atoms with Crippen molar-refractivity contribution in [1.82, 2.24) is 4.98 Å². The first-order chi connectivity index (χ1) is 7.15. The van der Waals surface area contributed by atoms with Crippen molar-refractivity contribution in [2.24, 2.45) is 0 Å². The number of aromatic nitrogens is 1. The first-order valence-electron chi connectivity index (χ1n) is 5.58. The highest BCUT2D eigenvalue weighted by atomic mass is 15.2. The summed E-state index contributed by atoms with van der Waals surface area (Å²) in [6.45, 7) is 5.23. The van der Waals surface area contributed by atoms with E-state index in [-0.39, 0.29) is 0 Å².